The third-order valence-electron chi connectivity index (χ3n) is 2.29. The number of anilines is 1. The molecule has 0 aliphatic carbocycles. The zero-order valence-electron chi connectivity index (χ0n) is 8.88. The number of rotatable bonds is 2. The van der Waals surface area contributed by atoms with Crippen LogP contribution in [0.3, 0.4) is 0 Å². The van der Waals surface area contributed by atoms with E-state index < -0.39 is 6.04 Å². The monoisotopic (exact) mass is 219 g/mol. The highest BCUT2D eigenvalue weighted by Crippen LogP contribution is 2.19. The predicted octanol–water partition coefficient (Wildman–Crippen LogP) is 0.353. The molecule has 0 aromatic heterocycles. The molecular weight excluding hydrogens is 206 g/mol. The van der Waals surface area contributed by atoms with Crippen molar-refractivity contribution in [1.82, 2.24) is 5.43 Å². The highest BCUT2D eigenvalue weighted by molar-refractivity contribution is 5.87. The Hall–Kier alpha value is -2.01. The second-order valence-electron chi connectivity index (χ2n) is 3.38. The Kier molecular flexibility index (Phi) is 2.78. The van der Waals surface area contributed by atoms with Crippen LogP contribution in [0.1, 0.15) is 0 Å². The van der Waals surface area contributed by atoms with Crippen LogP contribution in [0.4, 0.5) is 5.69 Å². The first-order valence-electron chi connectivity index (χ1n) is 4.89. The van der Waals surface area contributed by atoms with E-state index in [-0.39, 0.29) is 5.91 Å². The zero-order chi connectivity index (χ0) is 11.5. The SMILES string of the molecule is COC1=CC(N)C(=O)NN1c1ccccc1. The summed E-state index contributed by atoms with van der Waals surface area (Å²) >= 11 is 0. The van der Waals surface area contributed by atoms with Gasteiger partial charge in [-0.15, -0.1) is 0 Å². The number of hydrazine groups is 1. The fourth-order valence-corrected chi connectivity index (χ4v) is 1.47. The maximum Gasteiger partial charge on any atom is 0.259 e. The molecule has 1 unspecified atom stereocenters. The van der Waals surface area contributed by atoms with Crippen molar-refractivity contribution < 1.29 is 9.53 Å². The number of nitrogens with zero attached hydrogens (tertiary/aromatic N) is 1. The number of amides is 1. The molecule has 0 radical (unpaired) electrons. The van der Waals surface area contributed by atoms with Gasteiger partial charge in [0.1, 0.15) is 6.04 Å². The lowest BCUT2D eigenvalue weighted by molar-refractivity contribution is -0.122. The summed E-state index contributed by atoms with van der Waals surface area (Å²) in [5.41, 5.74) is 9.06. The topological polar surface area (TPSA) is 67.6 Å². The molecule has 0 saturated carbocycles. The Morgan fingerprint density at radius 3 is 2.69 bits per heavy atom. The first-order valence-corrected chi connectivity index (χ1v) is 4.89. The Balaban J connectivity index is 2.34. The van der Waals surface area contributed by atoms with Crippen molar-refractivity contribution in [2.45, 2.75) is 6.04 Å². The van der Waals surface area contributed by atoms with Gasteiger partial charge in [-0.1, -0.05) is 18.2 Å². The van der Waals surface area contributed by atoms with E-state index in [1.807, 2.05) is 30.3 Å². The molecule has 1 amide bonds. The van der Waals surface area contributed by atoms with E-state index >= 15 is 0 Å². The van der Waals surface area contributed by atoms with Gasteiger partial charge in [0.15, 0.2) is 0 Å². The standard InChI is InChI=1S/C11H13N3O2/c1-16-10-7-9(12)11(15)13-14(10)8-5-3-2-4-6-8/h2-7,9H,12H2,1H3,(H,13,15). The molecular formula is C11H13N3O2. The minimum atomic E-state index is -0.671. The molecule has 0 fully saturated rings. The van der Waals surface area contributed by atoms with Gasteiger partial charge in [-0.05, 0) is 12.1 Å². The third-order valence-corrected chi connectivity index (χ3v) is 2.29. The first-order chi connectivity index (χ1) is 7.72. The normalized spacial score (nSPS) is 20.1. The number of nitrogens with one attached hydrogen (secondary N) is 1. The molecule has 0 bridgehead atoms. The van der Waals surface area contributed by atoms with Gasteiger partial charge in [0, 0.05) is 6.08 Å². The molecule has 1 aromatic carbocycles. The van der Waals surface area contributed by atoms with E-state index in [1.54, 1.807) is 11.1 Å². The molecule has 0 spiro atoms. The van der Waals surface area contributed by atoms with Crippen LogP contribution in [0.25, 0.3) is 0 Å². The smallest absolute Gasteiger partial charge is 0.259 e. The van der Waals surface area contributed by atoms with Gasteiger partial charge in [0.25, 0.3) is 5.91 Å². The lowest BCUT2D eigenvalue weighted by Crippen LogP contribution is -2.53. The third kappa shape index (κ3) is 1.85. The van der Waals surface area contributed by atoms with Gasteiger partial charge in [-0.3, -0.25) is 10.2 Å². The number of benzene rings is 1. The van der Waals surface area contributed by atoms with Crippen LogP contribution < -0.4 is 16.2 Å². The van der Waals surface area contributed by atoms with Crippen LogP contribution >= 0.6 is 0 Å². The number of ether oxygens (including phenoxy) is 1. The highest BCUT2D eigenvalue weighted by Gasteiger charge is 2.25. The molecule has 16 heavy (non-hydrogen) atoms. The maximum absolute atomic E-state index is 11.5. The molecule has 84 valence electrons. The molecule has 0 saturated heterocycles. The molecule has 5 heteroatoms. The number of nitrogens with two attached hydrogens (primary N) is 1. The van der Waals surface area contributed by atoms with Gasteiger partial charge in [0.05, 0.1) is 12.8 Å². The van der Waals surface area contributed by atoms with E-state index in [0.29, 0.717) is 5.88 Å². The number of hydrogen-bond acceptors (Lipinski definition) is 4. The van der Waals surface area contributed by atoms with E-state index in [9.17, 15) is 4.79 Å². The van der Waals surface area contributed by atoms with Crippen molar-refractivity contribution in [3.63, 3.8) is 0 Å². The lowest BCUT2D eigenvalue weighted by atomic mass is 10.2. The van der Waals surface area contributed by atoms with Crippen LogP contribution in [0.5, 0.6) is 0 Å². The van der Waals surface area contributed by atoms with Gasteiger partial charge in [-0.2, -0.15) is 0 Å². The minimum Gasteiger partial charge on any atom is -0.481 e. The Morgan fingerprint density at radius 2 is 2.06 bits per heavy atom. The summed E-state index contributed by atoms with van der Waals surface area (Å²) in [5, 5.41) is 1.56. The Labute approximate surface area is 93.5 Å². The average molecular weight is 219 g/mol. The molecule has 2 rings (SSSR count). The van der Waals surface area contributed by atoms with Crippen LogP contribution in [-0.4, -0.2) is 19.1 Å². The van der Waals surface area contributed by atoms with Gasteiger partial charge in [-0.25, -0.2) is 5.01 Å². The Morgan fingerprint density at radius 1 is 1.38 bits per heavy atom. The first kappa shape index (κ1) is 10.5. The van der Waals surface area contributed by atoms with Gasteiger partial charge >= 0.3 is 0 Å². The van der Waals surface area contributed by atoms with Crippen LogP contribution in [0.2, 0.25) is 0 Å². The van der Waals surface area contributed by atoms with Gasteiger partial charge in [0.2, 0.25) is 5.88 Å². The molecule has 5 nitrogen and oxygen atoms in total. The Bertz CT molecular complexity index is 416. The van der Waals surface area contributed by atoms with Gasteiger partial charge < -0.3 is 10.5 Å². The van der Waals surface area contributed by atoms with Crippen molar-refractivity contribution in [2.75, 3.05) is 12.1 Å². The maximum atomic E-state index is 11.5. The lowest BCUT2D eigenvalue weighted by Gasteiger charge is -2.31. The fraction of sp³-hybridized carbons (Fsp3) is 0.182. The molecule has 1 aliphatic heterocycles. The quantitative estimate of drug-likeness (QED) is 0.753. The van der Waals surface area contributed by atoms with E-state index in [0.717, 1.165) is 5.69 Å². The average Bonchev–Trinajstić information content (AvgIpc) is 2.33. The number of carbonyl (C=O) groups excluding carboxylic acids is 1. The summed E-state index contributed by atoms with van der Waals surface area (Å²) in [6.07, 6.45) is 1.58. The molecule has 1 aromatic rings. The highest BCUT2D eigenvalue weighted by atomic mass is 16.5. The number of hydrogen-bond donors (Lipinski definition) is 2. The van der Waals surface area contributed by atoms with E-state index in [4.69, 9.17) is 10.5 Å². The van der Waals surface area contributed by atoms with Crippen LogP contribution in [-0.2, 0) is 9.53 Å². The summed E-state index contributed by atoms with van der Waals surface area (Å²) < 4.78 is 5.17. The second-order valence-corrected chi connectivity index (χ2v) is 3.38. The van der Waals surface area contributed by atoms with Crippen molar-refractivity contribution in [1.29, 1.82) is 0 Å². The number of para-hydroxylation sites is 1. The number of methoxy groups -OCH3 is 1. The fourth-order valence-electron chi connectivity index (χ4n) is 1.47. The summed E-state index contributed by atoms with van der Waals surface area (Å²) in [5.74, 6) is 0.253. The van der Waals surface area contributed by atoms with Crippen molar-refractivity contribution in [3.8, 4) is 0 Å². The predicted molar refractivity (Wildman–Crippen MR) is 60.1 cm³/mol. The van der Waals surface area contributed by atoms with Crippen molar-refractivity contribution >= 4 is 11.6 Å². The summed E-state index contributed by atoms with van der Waals surface area (Å²) in [4.78, 5) is 11.5. The summed E-state index contributed by atoms with van der Waals surface area (Å²) in [7, 11) is 1.53. The molecule has 1 atom stereocenters. The van der Waals surface area contributed by atoms with E-state index in [1.165, 1.54) is 7.11 Å². The van der Waals surface area contributed by atoms with Crippen molar-refractivity contribution in [2.24, 2.45) is 5.73 Å². The molecule has 1 aliphatic rings. The molecule has 3 N–H and O–H groups in total. The van der Waals surface area contributed by atoms with Crippen LogP contribution in [0.15, 0.2) is 42.3 Å². The summed E-state index contributed by atoms with van der Waals surface area (Å²) in [6.45, 7) is 0. The van der Waals surface area contributed by atoms with E-state index in [2.05, 4.69) is 5.43 Å². The largest absolute Gasteiger partial charge is 0.481 e. The second kappa shape index (κ2) is 4.24. The minimum absolute atomic E-state index is 0.260. The van der Waals surface area contributed by atoms with Crippen LogP contribution in [0, 0.1) is 0 Å². The molecule has 1 heterocycles. The zero-order valence-corrected chi connectivity index (χ0v) is 8.88. The summed E-state index contributed by atoms with van der Waals surface area (Å²) in [6, 6.07) is 8.72. The van der Waals surface area contributed by atoms with Crippen molar-refractivity contribution in [3.05, 3.63) is 42.3 Å². The number of carbonyl (C=O) groups is 1.